The third-order valence-electron chi connectivity index (χ3n) is 2.02. The predicted molar refractivity (Wildman–Crippen MR) is 59.2 cm³/mol. The molecule has 2 nitrogen and oxygen atoms in total. The van der Waals surface area contributed by atoms with Gasteiger partial charge in [0.2, 0.25) is 0 Å². The first kappa shape index (κ1) is 9.34. The summed E-state index contributed by atoms with van der Waals surface area (Å²) >= 11 is 3.39. The number of carbonyl (C=O) groups excluding carboxylic acids is 1. The monoisotopic (exact) mass is 249 g/mol. The van der Waals surface area contributed by atoms with Gasteiger partial charge in [0.15, 0.2) is 0 Å². The lowest BCUT2D eigenvalue weighted by Crippen LogP contribution is -1.88. The summed E-state index contributed by atoms with van der Waals surface area (Å²) in [6.45, 7) is 0. The highest BCUT2D eigenvalue weighted by molar-refractivity contribution is 9.10. The molecule has 2 aromatic rings. The number of aldehydes is 1. The molecule has 2 rings (SSSR count). The Morgan fingerprint density at radius 1 is 1.36 bits per heavy atom. The van der Waals surface area contributed by atoms with Crippen LogP contribution in [-0.2, 0) is 11.2 Å². The Kier molecular flexibility index (Phi) is 2.59. The number of fused-ring (bicyclic) bond motifs is 1. The lowest BCUT2D eigenvalue weighted by molar-refractivity contribution is -0.107. The summed E-state index contributed by atoms with van der Waals surface area (Å²) in [4.78, 5) is 14.6. The Hall–Kier alpha value is -1.22. The van der Waals surface area contributed by atoms with Crippen LogP contribution in [0.5, 0.6) is 0 Å². The Labute approximate surface area is 90.1 Å². The van der Waals surface area contributed by atoms with Crippen molar-refractivity contribution in [2.45, 2.75) is 6.42 Å². The minimum Gasteiger partial charge on any atom is -0.303 e. The van der Waals surface area contributed by atoms with E-state index in [-0.39, 0.29) is 0 Å². The molecule has 0 N–H and O–H groups in total. The van der Waals surface area contributed by atoms with Crippen LogP contribution in [0, 0.1) is 0 Å². The van der Waals surface area contributed by atoms with Gasteiger partial charge in [-0.15, -0.1) is 0 Å². The SMILES string of the molecule is O=CCc1cnc2cc(Br)ccc2c1. The van der Waals surface area contributed by atoms with Gasteiger partial charge >= 0.3 is 0 Å². The zero-order valence-electron chi connectivity index (χ0n) is 7.40. The van der Waals surface area contributed by atoms with Crippen LogP contribution >= 0.6 is 15.9 Å². The van der Waals surface area contributed by atoms with Gasteiger partial charge in [0.1, 0.15) is 6.29 Å². The number of nitrogens with zero attached hydrogens (tertiary/aromatic N) is 1. The van der Waals surface area contributed by atoms with Crippen molar-refractivity contribution in [2.24, 2.45) is 0 Å². The van der Waals surface area contributed by atoms with Crippen molar-refractivity contribution in [3.05, 3.63) is 40.5 Å². The number of pyridine rings is 1. The third kappa shape index (κ3) is 1.82. The lowest BCUT2D eigenvalue weighted by Gasteiger charge is -2.00. The van der Waals surface area contributed by atoms with E-state index in [2.05, 4.69) is 20.9 Å². The molecule has 0 spiro atoms. The maximum atomic E-state index is 10.3. The third-order valence-corrected chi connectivity index (χ3v) is 2.52. The minimum absolute atomic E-state index is 0.430. The number of hydrogen-bond acceptors (Lipinski definition) is 2. The smallest absolute Gasteiger partial charge is 0.124 e. The van der Waals surface area contributed by atoms with Crippen molar-refractivity contribution >= 4 is 33.1 Å². The van der Waals surface area contributed by atoms with Crippen molar-refractivity contribution in [1.29, 1.82) is 0 Å². The Balaban J connectivity index is 2.55. The number of aromatic nitrogens is 1. The van der Waals surface area contributed by atoms with Gasteiger partial charge < -0.3 is 4.79 Å². The maximum Gasteiger partial charge on any atom is 0.124 e. The molecular formula is C11H8BrNO. The van der Waals surface area contributed by atoms with Gasteiger partial charge in [-0.05, 0) is 23.8 Å². The first-order valence-electron chi connectivity index (χ1n) is 4.27. The minimum atomic E-state index is 0.430. The highest BCUT2D eigenvalue weighted by atomic mass is 79.9. The molecule has 3 heteroatoms. The van der Waals surface area contributed by atoms with Crippen LogP contribution in [0.25, 0.3) is 10.9 Å². The number of halogens is 1. The molecule has 1 heterocycles. The Morgan fingerprint density at radius 3 is 3.00 bits per heavy atom. The molecule has 0 amide bonds. The summed E-state index contributed by atoms with van der Waals surface area (Å²) in [5.41, 5.74) is 1.89. The van der Waals surface area contributed by atoms with Crippen LogP contribution in [0.1, 0.15) is 5.56 Å². The summed E-state index contributed by atoms with van der Waals surface area (Å²) in [7, 11) is 0. The van der Waals surface area contributed by atoms with E-state index in [0.29, 0.717) is 6.42 Å². The van der Waals surface area contributed by atoms with Crippen LogP contribution in [0.15, 0.2) is 34.9 Å². The van der Waals surface area contributed by atoms with E-state index in [1.54, 1.807) is 6.20 Å². The molecule has 0 aliphatic heterocycles. The Morgan fingerprint density at radius 2 is 2.21 bits per heavy atom. The quantitative estimate of drug-likeness (QED) is 0.767. The fraction of sp³-hybridized carbons (Fsp3) is 0.0909. The van der Waals surface area contributed by atoms with E-state index in [0.717, 1.165) is 27.2 Å². The molecule has 0 aliphatic rings. The van der Waals surface area contributed by atoms with Crippen LogP contribution in [0.2, 0.25) is 0 Å². The Bertz CT molecular complexity index is 482. The molecule has 1 aromatic carbocycles. The predicted octanol–water partition coefficient (Wildman–Crippen LogP) is 2.74. The standard InChI is InChI=1S/C11H8BrNO/c12-10-2-1-9-5-8(3-4-14)7-13-11(9)6-10/h1-2,4-7H,3H2. The van der Waals surface area contributed by atoms with Crippen molar-refractivity contribution in [3.8, 4) is 0 Å². The van der Waals surface area contributed by atoms with Crippen molar-refractivity contribution in [3.63, 3.8) is 0 Å². The molecule has 0 atom stereocenters. The van der Waals surface area contributed by atoms with Crippen molar-refractivity contribution < 1.29 is 4.79 Å². The summed E-state index contributed by atoms with van der Waals surface area (Å²) < 4.78 is 1.01. The normalized spacial score (nSPS) is 10.4. The molecule has 0 unspecified atom stereocenters. The average molecular weight is 250 g/mol. The van der Waals surface area contributed by atoms with Crippen molar-refractivity contribution in [2.75, 3.05) is 0 Å². The largest absolute Gasteiger partial charge is 0.303 e. The van der Waals surface area contributed by atoms with E-state index in [9.17, 15) is 4.79 Å². The zero-order valence-corrected chi connectivity index (χ0v) is 8.99. The molecule has 70 valence electrons. The number of benzene rings is 1. The fourth-order valence-corrected chi connectivity index (χ4v) is 1.70. The second-order valence-electron chi connectivity index (χ2n) is 3.05. The molecule has 0 bridgehead atoms. The first-order chi connectivity index (χ1) is 6.79. The summed E-state index contributed by atoms with van der Waals surface area (Å²) in [6, 6.07) is 7.90. The summed E-state index contributed by atoms with van der Waals surface area (Å²) in [5.74, 6) is 0. The molecular weight excluding hydrogens is 242 g/mol. The molecule has 14 heavy (non-hydrogen) atoms. The van der Waals surface area contributed by atoms with Crippen LogP contribution in [0.3, 0.4) is 0 Å². The molecule has 0 radical (unpaired) electrons. The highest BCUT2D eigenvalue weighted by Gasteiger charge is 1.98. The van der Waals surface area contributed by atoms with Crippen LogP contribution < -0.4 is 0 Å². The maximum absolute atomic E-state index is 10.3. The van der Waals surface area contributed by atoms with Gasteiger partial charge in [-0.1, -0.05) is 22.0 Å². The van der Waals surface area contributed by atoms with Gasteiger partial charge in [-0.3, -0.25) is 4.98 Å². The molecule has 1 aromatic heterocycles. The van der Waals surface area contributed by atoms with E-state index in [1.807, 2.05) is 24.3 Å². The summed E-state index contributed by atoms with van der Waals surface area (Å²) in [6.07, 6.45) is 3.06. The second kappa shape index (κ2) is 3.88. The molecule has 0 aliphatic carbocycles. The second-order valence-corrected chi connectivity index (χ2v) is 3.97. The molecule has 0 saturated heterocycles. The van der Waals surface area contributed by atoms with E-state index >= 15 is 0 Å². The molecule has 0 fully saturated rings. The summed E-state index contributed by atoms with van der Waals surface area (Å²) in [5, 5.41) is 1.06. The lowest BCUT2D eigenvalue weighted by atomic mass is 10.1. The van der Waals surface area contributed by atoms with Gasteiger partial charge in [0.25, 0.3) is 0 Å². The van der Waals surface area contributed by atoms with Gasteiger partial charge in [0.05, 0.1) is 5.52 Å². The van der Waals surface area contributed by atoms with Gasteiger partial charge in [-0.25, -0.2) is 0 Å². The topological polar surface area (TPSA) is 30.0 Å². The highest BCUT2D eigenvalue weighted by Crippen LogP contribution is 2.18. The van der Waals surface area contributed by atoms with Gasteiger partial charge in [-0.2, -0.15) is 0 Å². The van der Waals surface area contributed by atoms with Crippen LogP contribution in [0.4, 0.5) is 0 Å². The number of carbonyl (C=O) groups is 1. The number of rotatable bonds is 2. The molecule has 0 saturated carbocycles. The van der Waals surface area contributed by atoms with E-state index < -0.39 is 0 Å². The van der Waals surface area contributed by atoms with Crippen LogP contribution in [-0.4, -0.2) is 11.3 Å². The van der Waals surface area contributed by atoms with Gasteiger partial charge in [0, 0.05) is 22.5 Å². The van der Waals surface area contributed by atoms with E-state index in [4.69, 9.17) is 0 Å². The fourth-order valence-electron chi connectivity index (χ4n) is 1.35. The zero-order chi connectivity index (χ0) is 9.97. The first-order valence-corrected chi connectivity index (χ1v) is 5.07. The van der Waals surface area contributed by atoms with E-state index in [1.165, 1.54) is 0 Å². The average Bonchev–Trinajstić information content (AvgIpc) is 2.19. The number of hydrogen-bond donors (Lipinski definition) is 0. The van der Waals surface area contributed by atoms with Crippen molar-refractivity contribution in [1.82, 2.24) is 4.98 Å².